The molecule has 0 spiro atoms. The smallest absolute Gasteiger partial charge is 0.302 e. The normalized spacial score (nSPS) is 31.0. The predicted molar refractivity (Wildman–Crippen MR) is 65.4 cm³/mol. The minimum atomic E-state index is -4.05. The Labute approximate surface area is 107 Å². The minimum absolute atomic E-state index is 0.268. The molecule has 0 radical (unpaired) electrons. The molecule has 2 heterocycles. The number of halogens is 3. The summed E-state index contributed by atoms with van der Waals surface area (Å²) < 4.78 is 37.0. The first-order valence-electron chi connectivity index (χ1n) is 6.64. The van der Waals surface area contributed by atoms with Gasteiger partial charge in [-0.2, -0.15) is 13.2 Å². The molecular formula is C13H23F3N2. The average molecular weight is 264 g/mol. The Morgan fingerprint density at radius 3 is 1.56 bits per heavy atom. The fraction of sp³-hybridized carbons (Fsp3) is 1.00. The van der Waals surface area contributed by atoms with E-state index in [1.807, 2.05) is 0 Å². The zero-order chi connectivity index (χ0) is 13.6. The molecule has 2 aliphatic heterocycles. The van der Waals surface area contributed by atoms with Crippen LogP contribution in [0.1, 0.15) is 20.8 Å². The van der Waals surface area contributed by atoms with Crippen molar-refractivity contribution in [3.63, 3.8) is 0 Å². The third kappa shape index (κ3) is 3.85. The van der Waals surface area contributed by atoms with E-state index in [1.54, 1.807) is 4.90 Å². The maximum absolute atomic E-state index is 12.3. The van der Waals surface area contributed by atoms with Crippen molar-refractivity contribution >= 4 is 0 Å². The lowest BCUT2D eigenvalue weighted by molar-refractivity contribution is -0.144. The van der Waals surface area contributed by atoms with Crippen LogP contribution < -0.4 is 0 Å². The highest BCUT2D eigenvalue weighted by atomic mass is 19.4. The van der Waals surface area contributed by atoms with E-state index in [2.05, 4.69) is 25.7 Å². The molecule has 18 heavy (non-hydrogen) atoms. The number of likely N-dealkylation sites (tertiary alicyclic amines) is 2. The van der Waals surface area contributed by atoms with E-state index in [0.717, 1.165) is 19.6 Å². The quantitative estimate of drug-likeness (QED) is 0.756. The van der Waals surface area contributed by atoms with Gasteiger partial charge in [-0.3, -0.25) is 4.90 Å². The second kappa shape index (κ2) is 4.67. The standard InChI is InChI=1S/C13H23F3N2/c1-12(2,3)8-17-4-10-6-18(7-11(10)5-17)9-13(14,15)16/h10-11H,4-9H2,1-3H3. The highest BCUT2D eigenvalue weighted by Crippen LogP contribution is 2.34. The van der Waals surface area contributed by atoms with Crippen molar-refractivity contribution in [3.8, 4) is 0 Å². The molecule has 0 saturated carbocycles. The van der Waals surface area contributed by atoms with E-state index in [0.29, 0.717) is 24.9 Å². The van der Waals surface area contributed by atoms with Crippen molar-refractivity contribution in [3.05, 3.63) is 0 Å². The molecule has 5 heteroatoms. The van der Waals surface area contributed by atoms with E-state index < -0.39 is 12.7 Å². The van der Waals surface area contributed by atoms with Crippen LogP contribution in [0.15, 0.2) is 0 Å². The zero-order valence-corrected chi connectivity index (χ0v) is 11.4. The summed E-state index contributed by atoms with van der Waals surface area (Å²) in [5.74, 6) is 0.879. The number of rotatable bonds is 2. The van der Waals surface area contributed by atoms with Gasteiger partial charge in [0.05, 0.1) is 6.54 Å². The summed E-state index contributed by atoms with van der Waals surface area (Å²) >= 11 is 0. The monoisotopic (exact) mass is 264 g/mol. The summed E-state index contributed by atoms with van der Waals surface area (Å²) in [5, 5.41) is 0. The lowest BCUT2D eigenvalue weighted by atomic mass is 9.96. The van der Waals surface area contributed by atoms with Crippen LogP contribution in [0.4, 0.5) is 13.2 Å². The molecule has 2 aliphatic rings. The molecule has 2 fully saturated rings. The van der Waals surface area contributed by atoms with Gasteiger partial charge in [0.2, 0.25) is 0 Å². The Kier molecular flexibility index (Phi) is 3.67. The molecule has 0 bridgehead atoms. The third-order valence-corrected chi connectivity index (χ3v) is 3.74. The Morgan fingerprint density at radius 1 is 0.833 bits per heavy atom. The number of nitrogens with zero attached hydrogens (tertiary/aromatic N) is 2. The Balaban J connectivity index is 1.81. The van der Waals surface area contributed by atoms with Crippen LogP contribution in [-0.2, 0) is 0 Å². The first-order chi connectivity index (χ1) is 8.12. The van der Waals surface area contributed by atoms with Crippen LogP contribution in [0.5, 0.6) is 0 Å². The van der Waals surface area contributed by atoms with Crippen molar-refractivity contribution < 1.29 is 13.2 Å². The van der Waals surface area contributed by atoms with Crippen LogP contribution in [0, 0.1) is 17.3 Å². The van der Waals surface area contributed by atoms with Crippen LogP contribution in [0.3, 0.4) is 0 Å². The summed E-state index contributed by atoms with van der Waals surface area (Å²) in [7, 11) is 0. The van der Waals surface area contributed by atoms with Gasteiger partial charge < -0.3 is 4.90 Å². The number of alkyl halides is 3. The van der Waals surface area contributed by atoms with Crippen LogP contribution in [-0.4, -0.2) is 55.2 Å². The first-order valence-corrected chi connectivity index (χ1v) is 6.64. The summed E-state index contributed by atoms with van der Waals surface area (Å²) in [4.78, 5) is 3.99. The molecule has 106 valence electrons. The highest BCUT2D eigenvalue weighted by molar-refractivity contribution is 4.94. The molecule has 0 aromatic carbocycles. The summed E-state index contributed by atoms with van der Waals surface area (Å²) in [5.41, 5.74) is 0.268. The van der Waals surface area contributed by atoms with Gasteiger partial charge in [0.15, 0.2) is 0 Å². The van der Waals surface area contributed by atoms with Gasteiger partial charge in [-0.25, -0.2) is 0 Å². The summed E-state index contributed by atoms with van der Waals surface area (Å²) in [6.07, 6.45) is -4.05. The van der Waals surface area contributed by atoms with Gasteiger partial charge in [0.25, 0.3) is 0 Å². The van der Waals surface area contributed by atoms with Crippen LogP contribution >= 0.6 is 0 Å². The van der Waals surface area contributed by atoms with Gasteiger partial charge in [0, 0.05) is 32.7 Å². The Hall–Kier alpha value is -0.290. The van der Waals surface area contributed by atoms with Crippen LogP contribution in [0.25, 0.3) is 0 Å². The molecule has 0 N–H and O–H groups in total. The SMILES string of the molecule is CC(C)(C)CN1CC2CN(CC(F)(F)F)CC2C1. The zero-order valence-electron chi connectivity index (χ0n) is 11.4. The molecule has 0 aliphatic carbocycles. The Bertz CT molecular complexity index is 254. The minimum Gasteiger partial charge on any atom is -0.302 e. The van der Waals surface area contributed by atoms with Crippen molar-refractivity contribution in [1.82, 2.24) is 9.80 Å². The number of hydrogen-bond acceptors (Lipinski definition) is 2. The third-order valence-electron chi connectivity index (χ3n) is 3.74. The average Bonchev–Trinajstić information content (AvgIpc) is 2.53. The van der Waals surface area contributed by atoms with Crippen molar-refractivity contribution in [2.75, 3.05) is 39.3 Å². The molecule has 0 aromatic rings. The molecule has 0 amide bonds. The van der Waals surface area contributed by atoms with Gasteiger partial charge in [0.1, 0.15) is 0 Å². The van der Waals surface area contributed by atoms with E-state index in [4.69, 9.17) is 0 Å². The predicted octanol–water partition coefficient (Wildman–Crippen LogP) is 2.46. The fourth-order valence-corrected chi connectivity index (χ4v) is 3.37. The van der Waals surface area contributed by atoms with Gasteiger partial charge in [-0.15, -0.1) is 0 Å². The van der Waals surface area contributed by atoms with Crippen molar-refractivity contribution in [1.29, 1.82) is 0 Å². The molecular weight excluding hydrogens is 241 g/mol. The maximum atomic E-state index is 12.3. The second-order valence-corrected chi connectivity index (χ2v) is 7.08. The fourth-order valence-electron chi connectivity index (χ4n) is 3.37. The van der Waals surface area contributed by atoms with Gasteiger partial charge in [-0.1, -0.05) is 20.8 Å². The Morgan fingerprint density at radius 2 is 1.22 bits per heavy atom. The van der Waals surface area contributed by atoms with E-state index in [-0.39, 0.29) is 5.41 Å². The lowest BCUT2D eigenvalue weighted by Crippen LogP contribution is -2.37. The first kappa shape index (κ1) is 14.1. The largest absolute Gasteiger partial charge is 0.401 e. The van der Waals surface area contributed by atoms with E-state index in [1.165, 1.54) is 0 Å². The van der Waals surface area contributed by atoms with E-state index >= 15 is 0 Å². The molecule has 0 aromatic heterocycles. The summed E-state index contributed by atoms with van der Waals surface area (Å²) in [6, 6.07) is 0. The lowest BCUT2D eigenvalue weighted by Gasteiger charge is -2.28. The topological polar surface area (TPSA) is 6.48 Å². The second-order valence-electron chi connectivity index (χ2n) is 7.08. The highest BCUT2D eigenvalue weighted by Gasteiger charge is 2.43. The van der Waals surface area contributed by atoms with Crippen molar-refractivity contribution in [2.24, 2.45) is 17.3 Å². The number of fused-ring (bicyclic) bond motifs is 1. The summed E-state index contributed by atoms with van der Waals surface area (Å²) in [6.45, 7) is 10.1. The molecule has 2 saturated heterocycles. The van der Waals surface area contributed by atoms with E-state index in [9.17, 15) is 13.2 Å². The van der Waals surface area contributed by atoms with Crippen molar-refractivity contribution in [2.45, 2.75) is 26.9 Å². The molecule has 2 unspecified atom stereocenters. The maximum Gasteiger partial charge on any atom is 0.401 e. The van der Waals surface area contributed by atoms with Gasteiger partial charge in [-0.05, 0) is 17.3 Å². The van der Waals surface area contributed by atoms with Crippen LogP contribution in [0.2, 0.25) is 0 Å². The molecule has 2 rings (SSSR count). The molecule has 2 nitrogen and oxygen atoms in total. The van der Waals surface area contributed by atoms with Gasteiger partial charge >= 0.3 is 6.18 Å². The number of hydrogen-bond donors (Lipinski definition) is 0. The molecule has 2 atom stereocenters.